The van der Waals surface area contributed by atoms with Crippen LogP contribution in [0.25, 0.3) is 0 Å². The zero-order valence-electron chi connectivity index (χ0n) is 19.2. The Kier molecular flexibility index (Phi) is 6.38. The minimum atomic E-state index is -0.273. The second-order valence-corrected chi connectivity index (χ2v) is 9.27. The number of halogens is 1. The van der Waals surface area contributed by atoms with Gasteiger partial charge in [-0.1, -0.05) is 31.5 Å². The Balaban J connectivity index is 1.31. The fourth-order valence-corrected chi connectivity index (χ4v) is 4.55. The van der Waals surface area contributed by atoms with E-state index in [4.69, 9.17) is 21.1 Å². The molecule has 9 nitrogen and oxygen atoms in total. The lowest BCUT2D eigenvalue weighted by molar-refractivity contribution is 0.0916. The van der Waals surface area contributed by atoms with Crippen molar-refractivity contribution in [3.63, 3.8) is 0 Å². The highest BCUT2D eigenvalue weighted by Gasteiger charge is 2.28. The smallest absolute Gasteiger partial charge is 0.270 e. The Morgan fingerprint density at radius 3 is 2.74 bits per heavy atom. The first-order valence-electron chi connectivity index (χ1n) is 11.4. The van der Waals surface area contributed by atoms with Crippen molar-refractivity contribution in [1.82, 2.24) is 30.0 Å². The van der Waals surface area contributed by atoms with Gasteiger partial charge in [0.05, 0.1) is 6.04 Å². The van der Waals surface area contributed by atoms with E-state index in [9.17, 15) is 4.79 Å². The van der Waals surface area contributed by atoms with Gasteiger partial charge in [-0.05, 0) is 29.7 Å². The van der Waals surface area contributed by atoms with Crippen molar-refractivity contribution in [2.75, 3.05) is 19.9 Å². The van der Waals surface area contributed by atoms with E-state index in [1.54, 1.807) is 24.4 Å². The third-order valence-electron chi connectivity index (χ3n) is 6.21. The molecule has 3 aromatic rings. The Morgan fingerprint density at radius 2 is 1.97 bits per heavy atom. The maximum atomic E-state index is 12.8. The average molecular weight is 483 g/mol. The number of ether oxygens (including phenoxy) is 2. The summed E-state index contributed by atoms with van der Waals surface area (Å²) in [5, 5.41) is 12.7. The van der Waals surface area contributed by atoms with Crippen LogP contribution in [0.2, 0.25) is 5.02 Å². The summed E-state index contributed by atoms with van der Waals surface area (Å²) in [4.78, 5) is 19.3. The minimum Gasteiger partial charge on any atom is -0.454 e. The molecule has 0 bridgehead atoms. The SMILES string of the molecule is CC(C)[C@@H](NC(=O)c1ccccn1)c1nnc2n1CCN(Cc1cc3c(cc1Cl)OCO3)CC2. The molecule has 2 aromatic heterocycles. The Hall–Kier alpha value is -3.17. The first-order chi connectivity index (χ1) is 16.5. The van der Waals surface area contributed by atoms with Crippen LogP contribution in [0.3, 0.4) is 0 Å². The molecule has 0 spiro atoms. The van der Waals surface area contributed by atoms with Crippen LogP contribution in [0.5, 0.6) is 11.5 Å². The number of carbonyl (C=O) groups excluding carboxylic acids is 1. The van der Waals surface area contributed by atoms with Crippen molar-refractivity contribution in [3.05, 3.63) is 64.5 Å². The molecule has 1 atom stereocenters. The number of hydrogen-bond acceptors (Lipinski definition) is 7. The number of nitrogens with one attached hydrogen (secondary N) is 1. The summed E-state index contributed by atoms with van der Waals surface area (Å²) in [6, 6.07) is 8.81. The van der Waals surface area contributed by atoms with Gasteiger partial charge in [-0.2, -0.15) is 0 Å². The van der Waals surface area contributed by atoms with E-state index >= 15 is 0 Å². The van der Waals surface area contributed by atoms with Crippen molar-refractivity contribution in [1.29, 1.82) is 0 Å². The molecule has 10 heteroatoms. The maximum absolute atomic E-state index is 12.8. The monoisotopic (exact) mass is 482 g/mol. The lowest BCUT2D eigenvalue weighted by Gasteiger charge is -2.23. The van der Waals surface area contributed by atoms with Crippen LogP contribution < -0.4 is 14.8 Å². The fourth-order valence-electron chi connectivity index (χ4n) is 4.34. The number of fused-ring (bicyclic) bond motifs is 2. The summed E-state index contributed by atoms with van der Waals surface area (Å²) in [6.45, 7) is 7.42. The van der Waals surface area contributed by atoms with Gasteiger partial charge in [0.25, 0.3) is 5.91 Å². The number of benzene rings is 1. The van der Waals surface area contributed by atoms with Crippen LogP contribution in [0.15, 0.2) is 36.5 Å². The van der Waals surface area contributed by atoms with Gasteiger partial charge in [0, 0.05) is 49.9 Å². The summed E-state index contributed by atoms with van der Waals surface area (Å²) in [5.41, 5.74) is 1.39. The van der Waals surface area contributed by atoms with E-state index in [2.05, 4.69) is 43.8 Å². The van der Waals surface area contributed by atoms with Gasteiger partial charge in [0.1, 0.15) is 11.5 Å². The van der Waals surface area contributed by atoms with Gasteiger partial charge in [-0.25, -0.2) is 0 Å². The summed E-state index contributed by atoms with van der Waals surface area (Å²) >= 11 is 6.50. The van der Waals surface area contributed by atoms with Gasteiger partial charge in [-0.3, -0.25) is 14.7 Å². The van der Waals surface area contributed by atoms with Crippen molar-refractivity contribution in [3.8, 4) is 11.5 Å². The number of aromatic nitrogens is 4. The number of nitrogens with zero attached hydrogens (tertiary/aromatic N) is 5. The van der Waals surface area contributed by atoms with Crippen LogP contribution in [-0.2, 0) is 19.5 Å². The first kappa shape index (κ1) is 22.6. The molecule has 34 heavy (non-hydrogen) atoms. The molecule has 1 amide bonds. The molecule has 0 unspecified atom stereocenters. The van der Waals surface area contributed by atoms with Gasteiger partial charge < -0.3 is 19.4 Å². The Morgan fingerprint density at radius 1 is 1.15 bits per heavy atom. The van der Waals surface area contributed by atoms with Gasteiger partial charge >= 0.3 is 0 Å². The molecule has 5 rings (SSSR count). The summed E-state index contributed by atoms with van der Waals surface area (Å²) < 4.78 is 13.1. The van der Waals surface area contributed by atoms with E-state index in [0.717, 1.165) is 49.0 Å². The minimum absolute atomic E-state index is 0.132. The highest BCUT2D eigenvalue weighted by molar-refractivity contribution is 6.31. The summed E-state index contributed by atoms with van der Waals surface area (Å²) in [7, 11) is 0. The standard InChI is InChI=1S/C24H27ClN6O3/c1-15(2)22(27-24(32)18-5-3-4-7-26-18)23-29-28-21-6-8-30(9-10-31(21)23)13-16-11-19-20(12-17(16)25)34-14-33-19/h3-5,7,11-12,15,22H,6,8-10,13-14H2,1-2H3,(H,27,32)/t22-/m1/s1. The molecule has 2 aliphatic heterocycles. The van der Waals surface area contributed by atoms with Crippen LogP contribution in [0, 0.1) is 5.92 Å². The van der Waals surface area contributed by atoms with Crippen molar-refractivity contribution < 1.29 is 14.3 Å². The number of carbonyl (C=O) groups is 1. The number of rotatable bonds is 6. The van der Waals surface area contributed by atoms with Gasteiger partial charge in [-0.15, -0.1) is 10.2 Å². The van der Waals surface area contributed by atoms with E-state index < -0.39 is 0 Å². The average Bonchev–Trinajstić information content (AvgIpc) is 3.40. The van der Waals surface area contributed by atoms with Crippen molar-refractivity contribution >= 4 is 17.5 Å². The normalized spacial score (nSPS) is 16.2. The van der Waals surface area contributed by atoms with E-state index in [1.807, 2.05) is 12.1 Å². The molecule has 0 fully saturated rings. The molecule has 178 valence electrons. The first-order valence-corrected chi connectivity index (χ1v) is 11.8. The van der Waals surface area contributed by atoms with Crippen molar-refractivity contribution in [2.45, 2.75) is 39.4 Å². The zero-order valence-corrected chi connectivity index (χ0v) is 20.0. The molecular formula is C24H27ClN6O3. The highest BCUT2D eigenvalue weighted by atomic mass is 35.5. The van der Waals surface area contributed by atoms with Gasteiger partial charge in [0.15, 0.2) is 17.3 Å². The second kappa shape index (κ2) is 9.60. The summed E-state index contributed by atoms with van der Waals surface area (Å²) in [5.74, 6) is 3.03. The predicted molar refractivity (Wildman–Crippen MR) is 126 cm³/mol. The predicted octanol–water partition coefficient (Wildman–Crippen LogP) is 3.24. The number of hydrogen-bond donors (Lipinski definition) is 1. The van der Waals surface area contributed by atoms with E-state index in [1.165, 1.54) is 0 Å². The zero-order chi connectivity index (χ0) is 23.7. The van der Waals surface area contributed by atoms with Crippen LogP contribution >= 0.6 is 11.6 Å². The molecule has 0 radical (unpaired) electrons. The second-order valence-electron chi connectivity index (χ2n) is 8.86. The van der Waals surface area contributed by atoms with Crippen LogP contribution in [-0.4, -0.2) is 50.4 Å². The molecular weight excluding hydrogens is 456 g/mol. The molecule has 1 aromatic carbocycles. The number of pyridine rings is 1. The van der Waals surface area contributed by atoms with Crippen LogP contribution in [0.1, 0.15) is 47.6 Å². The molecule has 1 N–H and O–H groups in total. The topological polar surface area (TPSA) is 94.4 Å². The van der Waals surface area contributed by atoms with Crippen LogP contribution in [0.4, 0.5) is 0 Å². The molecule has 4 heterocycles. The van der Waals surface area contributed by atoms with Crippen molar-refractivity contribution in [2.24, 2.45) is 5.92 Å². The fraction of sp³-hybridized carbons (Fsp3) is 0.417. The molecule has 2 aliphatic rings. The summed E-state index contributed by atoms with van der Waals surface area (Å²) in [6.07, 6.45) is 2.37. The largest absolute Gasteiger partial charge is 0.454 e. The maximum Gasteiger partial charge on any atom is 0.270 e. The lowest BCUT2D eigenvalue weighted by atomic mass is 10.0. The number of amides is 1. The molecule has 0 saturated heterocycles. The molecule has 0 aliphatic carbocycles. The quantitative estimate of drug-likeness (QED) is 0.576. The lowest BCUT2D eigenvalue weighted by Crippen LogP contribution is -2.34. The molecule has 0 saturated carbocycles. The third-order valence-corrected chi connectivity index (χ3v) is 6.56. The van der Waals surface area contributed by atoms with Gasteiger partial charge in [0.2, 0.25) is 6.79 Å². The van der Waals surface area contributed by atoms with E-state index in [0.29, 0.717) is 23.0 Å². The Labute approximate surface area is 203 Å². The Bertz CT molecular complexity index is 1180. The van der Waals surface area contributed by atoms with E-state index in [-0.39, 0.29) is 24.7 Å². The third kappa shape index (κ3) is 4.58. The highest BCUT2D eigenvalue weighted by Crippen LogP contribution is 2.37.